The maximum atomic E-state index is 12.1. The highest BCUT2D eigenvalue weighted by molar-refractivity contribution is 5.93. The lowest BCUT2D eigenvalue weighted by atomic mass is 10.1. The van der Waals surface area contributed by atoms with Crippen molar-refractivity contribution in [2.45, 2.75) is 13.3 Å². The van der Waals surface area contributed by atoms with Gasteiger partial charge < -0.3 is 19.9 Å². The predicted molar refractivity (Wildman–Crippen MR) is 89.6 cm³/mol. The number of carboxylic acid groups (broad SMARTS) is 1. The van der Waals surface area contributed by atoms with E-state index in [1.54, 1.807) is 25.3 Å². The van der Waals surface area contributed by atoms with Crippen LogP contribution in [-0.2, 0) is 16.0 Å². The molecule has 2 aromatic carbocycles. The zero-order chi connectivity index (χ0) is 17.5. The lowest BCUT2D eigenvalue weighted by Gasteiger charge is -2.11. The predicted octanol–water partition coefficient (Wildman–Crippen LogP) is 2.65. The number of ether oxygens (including phenoxy) is 2. The third-order valence-electron chi connectivity index (χ3n) is 3.36. The molecule has 6 nitrogen and oxygen atoms in total. The van der Waals surface area contributed by atoms with Gasteiger partial charge in [-0.05, 0) is 48.4 Å². The second-order valence-corrected chi connectivity index (χ2v) is 5.23. The molecule has 0 aliphatic carbocycles. The molecule has 0 heterocycles. The van der Waals surface area contributed by atoms with Crippen LogP contribution in [0.2, 0.25) is 0 Å². The quantitative estimate of drug-likeness (QED) is 0.816. The van der Waals surface area contributed by atoms with Gasteiger partial charge in [0.25, 0.3) is 0 Å². The van der Waals surface area contributed by atoms with E-state index in [2.05, 4.69) is 5.32 Å². The van der Waals surface area contributed by atoms with Crippen LogP contribution in [0.15, 0.2) is 42.5 Å². The molecule has 24 heavy (non-hydrogen) atoms. The largest absolute Gasteiger partial charge is 0.497 e. The number of hydrogen-bond donors (Lipinski definition) is 2. The van der Waals surface area contributed by atoms with Crippen molar-refractivity contribution in [3.05, 3.63) is 53.6 Å². The molecule has 0 saturated carbocycles. The Hall–Kier alpha value is -3.02. The van der Waals surface area contributed by atoms with Crippen LogP contribution in [0.25, 0.3) is 0 Å². The Morgan fingerprint density at radius 3 is 2.33 bits per heavy atom. The minimum Gasteiger partial charge on any atom is -0.497 e. The molecule has 2 N–H and O–H groups in total. The first-order valence-corrected chi connectivity index (χ1v) is 7.36. The van der Waals surface area contributed by atoms with Gasteiger partial charge in [0.15, 0.2) is 6.61 Å². The standard InChI is InChI=1S/C18H19NO5/c1-12-9-15(24-11-18(21)22)7-8-16(12)19-17(20)10-13-3-5-14(23-2)6-4-13/h3-9H,10-11H2,1-2H3,(H,19,20)(H,21,22). The second-order valence-electron chi connectivity index (χ2n) is 5.23. The van der Waals surface area contributed by atoms with Crippen molar-refractivity contribution in [1.29, 1.82) is 0 Å². The van der Waals surface area contributed by atoms with Crippen LogP contribution in [-0.4, -0.2) is 30.7 Å². The normalized spacial score (nSPS) is 10.1. The highest BCUT2D eigenvalue weighted by atomic mass is 16.5. The molecule has 0 fully saturated rings. The number of hydrogen-bond acceptors (Lipinski definition) is 4. The molecule has 0 aliphatic rings. The molecular weight excluding hydrogens is 310 g/mol. The average Bonchev–Trinajstić information content (AvgIpc) is 2.56. The molecule has 0 spiro atoms. The molecule has 6 heteroatoms. The van der Waals surface area contributed by atoms with E-state index >= 15 is 0 Å². The van der Waals surface area contributed by atoms with E-state index in [-0.39, 0.29) is 12.3 Å². The van der Waals surface area contributed by atoms with E-state index in [0.717, 1.165) is 16.9 Å². The third-order valence-corrected chi connectivity index (χ3v) is 3.36. The summed E-state index contributed by atoms with van der Waals surface area (Å²) in [7, 11) is 1.59. The van der Waals surface area contributed by atoms with Crippen LogP contribution in [0.5, 0.6) is 11.5 Å². The smallest absolute Gasteiger partial charge is 0.341 e. The molecule has 0 aliphatic heterocycles. The number of carbonyl (C=O) groups excluding carboxylic acids is 1. The Labute approximate surface area is 140 Å². The number of aliphatic carboxylic acids is 1. The fraction of sp³-hybridized carbons (Fsp3) is 0.222. The van der Waals surface area contributed by atoms with Crippen LogP contribution in [0.4, 0.5) is 5.69 Å². The van der Waals surface area contributed by atoms with Crippen LogP contribution in [0.3, 0.4) is 0 Å². The fourth-order valence-corrected chi connectivity index (χ4v) is 2.13. The number of benzene rings is 2. The Kier molecular flexibility index (Phi) is 5.78. The number of nitrogens with one attached hydrogen (secondary N) is 1. The summed E-state index contributed by atoms with van der Waals surface area (Å²) >= 11 is 0. The molecule has 0 aromatic heterocycles. The van der Waals surface area contributed by atoms with Crippen LogP contribution in [0.1, 0.15) is 11.1 Å². The summed E-state index contributed by atoms with van der Waals surface area (Å²) in [6, 6.07) is 12.3. The average molecular weight is 329 g/mol. The lowest BCUT2D eigenvalue weighted by molar-refractivity contribution is -0.139. The lowest BCUT2D eigenvalue weighted by Crippen LogP contribution is -2.15. The molecular formula is C18H19NO5. The molecule has 0 radical (unpaired) electrons. The monoisotopic (exact) mass is 329 g/mol. The minimum atomic E-state index is -1.04. The summed E-state index contributed by atoms with van der Waals surface area (Å²) < 4.78 is 10.2. The van der Waals surface area contributed by atoms with Gasteiger partial charge >= 0.3 is 5.97 Å². The number of rotatable bonds is 7. The number of anilines is 1. The zero-order valence-electron chi connectivity index (χ0n) is 13.5. The van der Waals surface area contributed by atoms with Crippen molar-refractivity contribution in [3.8, 4) is 11.5 Å². The number of methoxy groups -OCH3 is 1. The van der Waals surface area contributed by atoms with E-state index < -0.39 is 12.6 Å². The third kappa shape index (κ3) is 5.01. The fourth-order valence-electron chi connectivity index (χ4n) is 2.13. The van der Waals surface area contributed by atoms with Crippen molar-refractivity contribution >= 4 is 17.6 Å². The topological polar surface area (TPSA) is 84.9 Å². The Morgan fingerprint density at radius 1 is 1.08 bits per heavy atom. The number of amides is 1. The van der Waals surface area contributed by atoms with Gasteiger partial charge in [0.1, 0.15) is 11.5 Å². The Balaban J connectivity index is 1.96. The van der Waals surface area contributed by atoms with E-state index in [0.29, 0.717) is 11.4 Å². The van der Waals surface area contributed by atoms with Gasteiger partial charge in [0, 0.05) is 5.69 Å². The Bertz CT molecular complexity index is 725. The van der Waals surface area contributed by atoms with Gasteiger partial charge in [-0.25, -0.2) is 4.79 Å². The molecule has 0 unspecified atom stereocenters. The first kappa shape index (κ1) is 17.3. The molecule has 0 saturated heterocycles. The number of aryl methyl sites for hydroxylation is 1. The SMILES string of the molecule is COc1ccc(CC(=O)Nc2ccc(OCC(=O)O)cc2C)cc1. The zero-order valence-corrected chi connectivity index (χ0v) is 13.5. The highest BCUT2D eigenvalue weighted by Crippen LogP contribution is 2.22. The van der Waals surface area contributed by atoms with Crippen LogP contribution in [0, 0.1) is 6.92 Å². The maximum absolute atomic E-state index is 12.1. The molecule has 0 atom stereocenters. The van der Waals surface area contributed by atoms with Gasteiger partial charge in [-0.3, -0.25) is 4.79 Å². The van der Waals surface area contributed by atoms with Crippen molar-refractivity contribution in [2.24, 2.45) is 0 Å². The van der Waals surface area contributed by atoms with Crippen molar-refractivity contribution in [2.75, 3.05) is 19.0 Å². The van der Waals surface area contributed by atoms with Crippen LogP contribution < -0.4 is 14.8 Å². The summed E-state index contributed by atoms with van der Waals surface area (Å²) in [6.45, 7) is 1.42. The van der Waals surface area contributed by atoms with E-state index in [1.165, 1.54) is 0 Å². The second kappa shape index (κ2) is 8.01. The molecule has 1 amide bonds. The summed E-state index contributed by atoms with van der Waals surface area (Å²) in [5.74, 6) is 0.0157. The number of carbonyl (C=O) groups is 2. The summed E-state index contributed by atoms with van der Waals surface area (Å²) in [4.78, 5) is 22.6. The first-order chi connectivity index (χ1) is 11.5. The molecule has 2 aromatic rings. The molecule has 126 valence electrons. The van der Waals surface area contributed by atoms with E-state index in [4.69, 9.17) is 14.6 Å². The number of carboxylic acids is 1. The van der Waals surface area contributed by atoms with Gasteiger partial charge in [-0.2, -0.15) is 0 Å². The summed E-state index contributed by atoms with van der Waals surface area (Å²) in [5.41, 5.74) is 2.34. The van der Waals surface area contributed by atoms with Gasteiger partial charge in [-0.15, -0.1) is 0 Å². The van der Waals surface area contributed by atoms with Gasteiger partial charge in [0.2, 0.25) is 5.91 Å². The maximum Gasteiger partial charge on any atom is 0.341 e. The minimum absolute atomic E-state index is 0.137. The molecule has 2 rings (SSSR count). The van der Waals surface area contributed by atoms with Crippen molar-refractivity contribution in [3.63, 3.8) is 0 Å². The van der Waals surface area contributed by atoms with Gasteiger partial charge in [-0.1, -0.05) is 12.1 Å². The summed E-state index contributed by atoms with van der Waals surface area (Å²) in [5, 5.41) is 11.4. The Morgan fingerprint density at radius 2 is 1.75 bits per heavy atom. The highest BCUT2D eigenvalue weighted by Gasteiger charge is 2.08. The van der Waals surface area contributed by atoms with Crippen molar-refractivity contribution < 1.29 is 24.2 Å². The van der Waals surface area contributed by atoms with Crippen molar-refractivity contribution in [1.82, 2.24) is 0 Å². The van der Waals surface area contributed by atoms with E-state index in [9.17, 15) is 9.59 Å². The van der Waals surface area contributed by atoms with Crippen LogP contribution >= 0.6 is 0 Å². The molecule has 0 bridgehead atoms. The van der Waals surface area contributed by atoms with E-state index in [1.807, 2.05) is 31.2 Å². The van der Waals surface area contributed by atoms with Gasteiger partial charge in [0.05, 0.1) is 13.5 Å². The summed E-state index contributed by atoms with van der Waals surface area (Å²) in [6.07, 6.45) is 0.251. The first-order valence-electron chi connectivity index (χ1n) is 7.36.